The quantitative estimate of drug-likeness (QED) is 0.835. The molecule has 2 fully saturated rings. The van der Waals surface area contributed by atoms with Crippen LogP contribution in [0.4, 0.5) is 0 Å². The average molecular weight is 249 g/mol. The number of carboxylic acid groups (broad SMARTS) is 1. The highest BCUT2D eigenvalue weighted by atomic mass is 16.4. The zero-order chi connectivity index (χ0) is 12.7. The molecule has 0 unspecified atom stereocenters. The highest BCUT2D eigenvalue weighted by Gasteiger charge is 2.42. The van der Waals surface area contributed by atoms with Gasteiger partial charge in [-0.05, 0) is 37.5 Å². The van der Waals surface area contributed by atoms with E-state index in [1.54, 1.807) is 0 Å². The second kappa shape index (κ2) is 4.15. The number of furan rings is 1. The Balaban J connectivity index is 1.67. The van der Waals surface area contributed by atoms with Crippen LogP contribution in [0.15, 0.2) is 16.7 Å². The van der Waals surface area contributed by atoms with Crippen molar-refractivity contribution in [3.05, 3.63) is 23.7 Å². The largest absolute Gasteiger partial charge is 0.478 e. The third-order valence-corrected chi connectivity index (χ3v) is 3.63. The summed E-state index contributed by atoms with van der Waals surface area (Å²) in [6.45, 7) is 0. The standard InChI is InChI=1S/C13H15NO4/c15-12(10-5-9(6-18-10)13(16)17)14-11(7-1-2-7)8-3-4-8/h5-8,11H,1-4H2,(H,14,15)(H,16,17). The topological polar surface area (TPSA) is 79.5 Å². The van der Waals surface area contributed by atoms with Gasteiger partial charge in [0.25, 0.3) is 5.91 Å². The molecule has 5 nitrogen and oxygen atoms in total. The maximum atomic E-state index is 12.0. The van der Waals surface area contributed by atoms with Gasteiger partial charge >= 0.3 is 5.97 Å². The molecular weight excluding hydrogens is 234 g/mol. The van der Waals surface area contributed by atoms with Crippen molar-refractivity contribution < 1.29 is 19.1 Å². The van der Waals surface area contributed by atoms with Gasteiger partial charge in [-0.25, -0.2) is 4.79 Å². The number of aromatic carboxylic acids is 1. The van der Waals surface area contributed by atoms with Gasteiger partial charge in [-0.3, -0.25) is 4.79 Å². The monoisotopic (exact) mass is 249 g/mol. The molecule has 2 aliphatic rings. The number of carbonyl (C=O) groups is 2. The van der Waals surface area contributed by atoms with E-state index in [0.717, 1.165) is 6.26 Å². The van der Waals surface area contributed by atoms with Gasteiger partial charge in [0, 0.05) is 12.1 Å². The minimum absolute atomic E-state index is 0.00884. The second-order valence-corrected chi connectivity index (χ2v) is 5.18. The van der Waals surface area contributed by atoms with Gasteiger partial charge in [0.2, 0.25) is 0 Å². The molecule has 0 spiro atoms. The predicted octanol–water partition coefficient (Wildman–Crippen LogP) is 1.90. The zero-order valence-electron chi connectivity index (χ0n) is 9.89. The third-order valence-electron chi connectivity index (χ3n) is 3.63. The lowest BCUT2D eigenvalue weighted by molar-refractivity contribution is 0.0695. The lowest BCUT2D eigenvalue weighted by Gasteiger charge is -2.16. The number of rotatable bonds is 5. The van der Waals surface area contributed by atoms with Crippen LogP contribution in [-0.4, -0.2) is 23.0 Å². The fourth-order valence-electron chi connectivity index (χ4n) is 2.32. The molecule has 0 bridgehead atoms. The molecule has 3 rings (SSSR count). The number of carbonyl (C=O) groups excluding carboxylic acids is 1. The molecule has 1 aromatic heterocycles. The van der Waals surface area contributed by atoms with Gasteiger partial charge in [-0.1, -0.05) is 0 Å². The molecule has 5 heteroatoms. The first-order valence-corrected chi connectivity index (χ1v) is 6.28. The van der Waals surface area contributed by atoms with E-state index >= 15 is 0 Å². The van der Waals surface area contributed by atoms with Crippen molar-refractivity contribution in [2.24, 2.45) is 11.8 Å². The smallest absolute Gasteiger partial charge is 0.338 e. The Hall–Kier alpha value is -1.78. The molecule has 2 aliphatic carbocycles. The fraction of sp³-hybridized carbons (Fsp3) is 0.538. The molecular formula is C13H15NO4. The number of nitrogens with one attached hydrogen (secondary N) is 1. The Labute approximate surface area is 104 Å². The molecule has 1 amide bonds. The number of amides is 1. The summed E-state index contributed by atoms with van der Waals surface area (Å²) in [5, 5.41) is 11.8. The van der Waals surface area contributed by atoms with Gasteiger partial charge in [-0.2, -0.15) is 0 Å². The molecule has 2 saturated carbocycles. The highest BCUT2D eigenvalue weighted by Crippen LogP contribution is 2.44. The van der Waals surface area contributed by atoms with Crippen molar-refractivity contribution >= 4 is 11.9 Å². The minimum Gasteiger partial charge on any atom is -0.478 e. The van der Waals surface area contributed by atoms with Crippen LogP contribution in [0.5, 0.6) is 0 Å². The summed E-state index contributed by atoms with van der Waals surface area (Å²) in [6.07, 6.45) is 5.82. The highest BCUT2D eigenvalue weighted by molar-refractivity contribution is 5.95. The van der Waals surface area contributed by atoms with E-state index in [4.69, 9.17) is 9.52 Å². The van der Waals surface area contributed by atoms with Gasteiger partial charge < -0.3 is 14.8 Å². The van der Waals surface area contributed by atoms with Crippen molar-refractivity contribution in [2.75, 3.05) is 0 Å². The molecule has 0 aliphatic heterocycles. The summed E-state index contributed by atoms with van der Waals surface area (Å²) in [4.78, 5) is 22.7. The molecule has 0 aromatic carbocycles. The predicted molar refractivity (Wildman–Crippen MR) is 62.4 cm³/mol. The Morgan fingerprint density at radius 2 is 1.89 bits per heavy atom. The van der Waals surface area contributed by atoms with Crippen molar-refractivity contribution in [1.82, 2.24) is 5.32 Å². The van der Waals surface area contributed by atoms with Gasteiger partial charge in [0.1, 0.15) is 6.26 Å². The van der Waals surface area contributed by atoms with Crippen molar-refractivity contribution in [3.63, 3.8) is 0 Å². The van der Waals surface area contributed by atoms with E-state index in [0.29, 0.717) is 11.8 Å². The van der Waals surface area contributed by atoms with E-state index in [9.17, 15) is 9.59 Å². The Morgan fingerprint density at radius 3 is 2.33 bits per heavy atom. The fourth-order valence-corrected chi connectivity index (χ4v) is 2.32. The molecule has 0 radical (unpaired) electrons. The van der Waals surface area contributed by atoms with Crippen molar-refractivity contribution in [3.8, 4) is 0 Å². The Bertz CT molecular complexity index is 473. The van der Waals surface area contributed by atoms with Crippen LogP contribution in [0.25, 0.3) is 0 Å². The van der Waals surface area contributed by atoms with Gasteiger partial charge in [-0.15, -0.1) is 0 Å². The summed E-state index contributed by atoms with van der Waals surface area (Å²) in [5.41, 5.74) is 0.00884. The molecule has 96 valence electrons. The molecule has 0 atom stereocenters. The maximum Gasteiger partial charge on any atom is 0.338 e. The number of hydrogen-bond acceptors (Lipinski definition) is 3. The lowest BCUT2D eigenvalue weighted by atomic mass is 10.1. The first-order valence-electron chi connectivity index (χ1n) is 6.28. The molecule has 18 heavy (non-hydrogen) atoms. The van der Waals surface area contributed by atoms with Gasteiger partial charge in [0.05, 0.1) is 5.56 Å². The molecule has 0 saturated heterocycles. The number of carboxylic acids is 1. The van der Waals surface area contributed by atoms with E-state index in [1.165, 1.54) is 31.7 Å². The van der Waals surface area contributed by atoms with Gasteiger partial charge in [0.15, 0.2) is 5.76 Å². The van der Waals surface area contributed by atoms with Crippen LogP contribution >= 0.6 is 0 Å². The number of hydrogen-bond donors (Lipinski definition) is 2. The van der Waals surface area contributed by atoms with E-state index in [2.05, 4.69) is 5.32 Å². The summed E-state index contributed by atoms with van der Waals surface area (Å²) in [5.74, 6) is -0.0885. The maximum absolute atomic E-state index is 12.0. The zero-order valence-corrected chi connectivity index (χ0v) is 9.89. The van der Waals surface area contributed by atoms with Crippen LogP contribution in [0.1, 0.15) is 46.6 Å². The van der Waals surface area contributed by atoms with E-state index < -0.39 is 5.97 Å². The van der Waals surface area contributed by atoms with Crippen LogP contribution in [0.2, 0.25) is 0 Å². The van der Waals surface area contributed by atoms with Crippen LogP contribution in [-0.2, 0) is 0 Å². The first kappa shape index (κ1) is 11.3. The summed E-state index contributed by atoms with van der Waals surface area (Å²) >= 11 is 0. The summed E-state index contributed by atoms with van der Waals surface area (Å²) in [6, 6.07) is 1.52. The average Bonchev–Trinajstić information content (AvgIpc) is 3.24. The lowest BCUT2D eigenvalue weighted by Crippen LogP contribution is -2.37. The first-order chi connectivity index (χ1) is 8.65. The van der Waals surface area contributed by atoms with Crippen molar-refractivity contribution in [2.45, 2.75) is 31.7 Å². The minimum atomic E-state index is -1.08. The Morgan fingerprint density at radius 1 is 1.28 bits per heavy atom. The normalized spacial score (nSPS) is 18.9. The second-order valence-electron chi connectivity index (χ2n) is 5.18. The summed E-state index contributed by atoms with van der Waals surface area (Å²) in [7, 11) is 0. The molecule has 1 heterocycles. The van der Waals surface area contributed by atoms with Crippen LogP contribution < -0.4 is 5.32 Å². The van der Waals surface area contributed by atoms with E-state index in [1.807, 2.05) is 0 Å². The molecule has 2 N–H and O–H groups in total. The SMILES string of the molecule is O=C(O)c1coc(C(=O)NC(C2CC2)C2CC2)c1. The van der Waals surface area contributed by atoms with Crippen LogP contribution in [0, 0.1) is 11.8 Å². The van der Waals surface area contributed by atoms with Crippen LogP contribution in [0.3, 0.4) is 0 Å². The third kappa shape index (κ3) is 2.25. The van der Waals surface area contributed by atoms with Crippen molar-refractivity contribution in [1.29, 1.82) is 0 Å². The Kier molecular flexibility index (Phi) is 2.61. The van der Waals surface area contributed by atoms with E-state index in [-0.39, 0.29) is 23.3 Å². The molecule has 1 aromatic rings. The summed E-state index contributed by atoms with van der Waals surface area (Å²) < 4.78 is 5.00.